The summed E-state index contributed by atoms with van der Waals surface area (Å²) in [6, 6.07) is 16.7. The average Bonchev–Trinajstić information content (AvgIpc) is 2.96. The van der Waals surface area contributed by atoms with E-state index in [-0.39, 0.29) is 0 Å². The SMILES string of the molecule is Cc1ccc(-c2nc(SCc3ccccc3C)n[nH]2)cc1. The van der Waals surface area contributed by atoms with Gasteiger partial charge in [0, 0.05) is 11.3 Å². The molecule has 0 spiro atoms. The first kappa shape index (κ1) is 13.9. The van der Waals surface area contributed by atoms with Crippen molar-refractivity contribution in [3.05, 3.63) is 65.2 Å². The van der Waals surface area contributed by atoms with E-state index < -0.39 is 0 Å². The molecule has 0 bridgehead atoms. The zero-order valence-corrected chi connectivity index (χ0v) is 12.9. The van der Waals surface area contributed by atoms with Crippen LogP contribution in [0.1, 0.15) is 16.7 Å². The van der Waals surface area contributed by atoms with Crippen LogP contribution in [0.15, 0.2) is 53.7 Å². The van der Waals surface area contributed by atoms with Crippen molar-refractivity contribution in [3.8, 4) is 11.4 Å². The van der Waals surface area contributed by atoms with Gasteiger partial charge < -0.3 is 0 Å². The van der Waals surface area contributed by atoms with Crippen molar-refractivity contribution in [2.45, 2.75) is 24.8 Å². The molecule has 1 aromatic heterocycles. The molecule has 1 N–H and O–H groups in total. The Labute approximate surface area is 128 Å². The lowest BCUT2D eigenvalue weighted by Crippen LogP contribution is -1.86. The molecule has 2 aromatic carbocycles. The van der Waals surface area contributed by atoms with Gasteiger partial charge in [-0.2, -0.15) is 0 Å². The van der Waals surface area contributed by atoms with Crippen LogP contribution >= 0.6 is 11.8 Å². The standard InChI is InChI=1S/C17H17N3S/c1-12-7-9-14(10-8-12)16-18-17(20-19-16)21-11-15-6-4-3-5-13(15)2/h3-10H,11H2,1-2H3,(H,18,19,20). The number of nitrogens with zero attached hydrogens (tertiary/aromatic N) is 2. The zero-order valence-electron chi connectivity index (χ0n) is 12.1. The smallest absolute Gasteiger partial charge is 0.209 e. The molecular formula is C17H17N3S. The number of thioether (sulfide) groups is 1. The second-order valence-corrected chi connectivity index (χ2v) is 5.99. The Kier molecular flexibility index (Phi) is 4.06. The lowest BCUT2D eigenvalue weighted by atomic mass is 10.1. The Morgan fingerprint density at radius 2 is 1.76 bits per heavy atom. The number of rotatable bonds is 4. The summed E-state index contributed by atoms with van der Waals surface area (Å²) >= 11 is 1.65. The van der Waals surface area contributed by atoms with Gasteiger partial charge in [-0.25, -0.2) is 4.98 Å². The van der Waals surface area contributed by atoms with Gasteiger partial charge in [0.15, 0.2) is 5.82 Å². The van der Waals surface area contributed by atoms with E-state index in [1.54, 1.807) is 11.8 Å². The first-order chi connectivity index (χ1) is 10.2. The molecule has 0 amide bonds. The number of benzene rings is 2. The molecule has 1 heterocycles. The average molecular weight is 295 g/mol. The fourth-order valence-corrected chi connectivity index (χ4v) is 2.94. The van der Waals surface area contributed by atoms with Crippen molar-refractivity contribution in [2.75, 3.05) is 0 Å². The number of hydrogen-bond acceptors (Lipinski definition) is 3. The Hall–Kier alpha value is -2.07. The molecule has 0 fully saturated rings. The fraction of sp³-hybridized carbons (Fsp3) is 0.176. The molecule has 0 saturated carbocycles. The van der Waals surface area contributed by atoms with Gasteiger partial charge in [0.1, 0.15) is 0 Å². The van der Waals surface area contributed by atoms with E-state index in [9.17, 15) is 0 Å². The molecule has 3 aromatic rings. The Balaban J connectivity index is 1.71. The molecule has 3 rings (SSSR count). The lowest BCUT2D eigenvalue weighted by Gasteiger charge is -2.02. The van der Waals surface area contributed by atoms with Crippen molar-refractivity contribution in [1.29, 1.82) is 0 Å². The molecule has 0 saturated heterocycles. The third kappa shape index (κ3) is 3.34. The number of hydrogen-bond donors (Lipinski definition) is 1. The first-order valence-electron chi connectivity index (χ1n) is 6.89. The van der Waals surface area contributed by atoms with Gasteiger partial charge in [0.05, 0.1) is 0 Å². The predicted molar refractivity (Wildman–Crippen MR) is 87.3 cm³/mol. The molecular weight excluding hydrogens is 278 g/mol. The minimum Gasteiger partial charge on any atom is -0.258 e. The quantitative estimate of drug-likeness (QED) is 0.726. The van der Waals surface area contributed by atoms with Crippen LogP contribution in [0.2, 0.25) is 0 Å². The number of aryl methyl sites for hydroxylation is 2. The van der Waals surface area contributed by atoms with Crippen LogP contribution in [0.5, 0.6) is 0 Å². The van der Waals surface area contributed by atoms with E-state index in [2.05, 4.69) is 77.6 Å². The summed E-state index contributed by atoms with van der Waals surface area (Å²) in [6.07, 6.45) is 0. The van der Waals surface area contributed by atoms with Crippen LogP contribution in [-0.4, -0.2) is 15.2 Å². The van der Waals surface area contributed by atoms with Gasteiger partial charge in [0.2, 0.25) is 5.16 Å². The van der Waals surface area contributed by atoms with Crippen LogP contribution < -0.4 is 0 Å². The van der Waals surface area contributed by atoms with Gasteiger partial charge in [-0.1, -0.05) is 65.9 Å². The van der Waals surface area contributed by atoms with Crippen LogP contribution in [-0.2, 0) is 5.75 Å². The normalized spacial score (nSPS) is 10.8. The third-order valence-corrected chi connectivity index (χ3v) is 4.30. The highest BCUT2D eigenvalue weighted by atomic mass is 32.2. The summed E-state index contributed by atoms with van der Waals surface area (Å²) in [6.45, 7) is 4.21. The summed E-state index contributed by atoms with van der Waals surface area (Å²) in [4.78, 5) is 4.55. The van der Waals surface area contributed by atoms with Crippen molar-refractivity contribution < 1.29 is 0 Å². The Morgan fingerprint density at radius 3 is 2.52 bits per heavy atom. The van der Waals surface area contributed by atoms with Crippen molar-refractivity contribution in [1.82, 2.24) is 15.2 Å². The van der Waals surface area contributed by atoms with E-state index >= 15 is 0 Å². The minimum absolute atomic E-state index is 0.786. The number of H-pyrrole nitrogens is 1. The van der Waals surface area contributed by atoms with E-state index in [0.717, 1.165) is 22.3 Å². The molecule has 4 heteroatoms. The lowest BCUT2D eigenvalue weighted by molar-refractivity contribution is 0.973. The topological polar surface area (TPSA) is 41.6 Å². The highest BCUT2D eigenvalue weighted by molar-refractivity contribution is 7.98. The summed E-state index contributed by atoms with van der Waals surface area (Å²) in [7, 11) is 0. The van der Waals surface area contributed by atoms with Gasteiger partial charge in [-0.05, 0) is 25.0 Å². The molecule has 0 radical (unpaired) electrons. The van der Waals surface area contributed by atoms with Crippen LogP contribution in [0.25, 0.3) is 11.4 Å². The molecule has 21 heavy (non-hydrogen) atoms. The minimum atomic E-state index is 0.786. The summed E-state index contributed by atoms with van der Waals surface area (Å²) < 4.78 is 0. The van der Waals surface area contributed by atoms with Crippen LogP contribution in [0, 0.1) is 13.8 Å². The Morgan fingerprint density at radius 1 is 1.00 bits per heavy atom. The number of aromatic nitrogens is 3. The molecule has 106 valence electrons. The first-order valence-corrected chi connectivity index (χ1v) is 7.88. The summed E-state index contributed by atoms with van der Waals surface area (Å²) in [5, 5.41) is 8.08. The fourth-order valence-electron chi connectivity index (χ4n) is 2.07. The van der Waals surface area contributed by atoms with Crippen molar-refractivity contribution >= 4 is 11.8 Å². The van der Waals surface area contributed by atoms with E-state index in [0.29, 0.717) is 0 Å². The van der Waals surface area contributed by atoms with Gasteiger partial charge in [-0.3, -0.25) is 5.10 Å². The summed E-state index contributed by atoms with van der Waals surface area (Å²) in [5.41, 5.74) is 4.94. The van der Waals surface area contributed by atoms with Crippen molar-refractivity contribution in [2.24, 2.45) is 0 Å². The predicted octanol–water partition coefficient (Wildman–Crippen LogP) is 4.38. The second-order valence-electron chi connectivity index (χ2n) is 5.05. The van der Waals surface area contributed by atoms with Crippen LogP contribution in [0.3, 0.4) is 0 Å². The molecule has 0 unspecified atom stereocenters. The maximum Gasteiger partial charge on any atom is 0.209 e. The highest BCUT2D eigenvalue weighted by Gasteiger charge is 2.07. The maximum atomic E-state index is 4.55. The van der Waals surface area contributed by atoms with Gasteiger partial charge in [-0.15, -0.1) is 5.10 Å². The van der Waals surface area contributed by atoms with E-state index in [4.69, 9.17) is 0 Å². The van der Waals surface area contributed by atoms with Gasteiger partial charge >= 0.3 is 0 Å². The molecule has 3 nitrogen and oxygen atoms in total. The zero-order chi connectivity index (χ0) is 14.7. The molecule has 0 atom stereocenters. The molecule has 0 aliphatic carbocycles. The van der Waals surface area contributed by atoms with Gasteiger partial charge in [0.25, 0.3) is 0 Å². The number of aromatic amines is 1. The maximum absolute atomic E-state index is 4.55. The molecule has 0 aliphatic rings. The third-order valence-electron chi connectivity index (χ3n) is 3.41. The van der Waals surface area contributed by atoms with Crippen LogP contribution in [0.4, 0.5) is 0 Å². The second kappa shape index (κ2) is 6.14. The summed E-state index contributed by atoms with van der Waals surface area (Å²) in [5.74, 6) is 1.71. The van der Waals surface area contributed by atoms with E-state index in [1.165, 1.54) is 16.7 Å². The number of nitrogens with one attached hydrogen (secondary N) is 1. The largest absolute Gasteiger partial charge is 0.258 e. The van der Waals surface area contributed by atoms with Crippen molar-refractivity contribution in [3.63, 3.8) is 0 Å². The van der Waals surface area contributed by atoms with E-state index in [1.807, 2.05) is 0 Å². The highest BCUT2D eigenvalue weighted by Crippen LogP contribution is 2.23. The Bertz CT molecular complexity index is 732. The monoisotopic (exact) mass is 295 g/mol. The molecule has 0 aliphatic heterocycles.